The van der Waals surface area contributed by atoms with E-state index in [4.69, 9.17) is 10.00 Å². The standard InChI is InChI=1S/C19H14FN3O3S/c1-10-15(7-12-3-4-14(20)8-16(12)22-10)19(25)26-11(2)17(24)23-18-13(9-21)5-6-27-18/h3-8,11H,1-2H3,(H,23,24). The van der Waals surface area contributed by atoms with E-state index < -0.39 is 23.8 Å². The predicted molar refractivity (Wildman–Crippen MR) is 99.0 cm³/mol. The van der Waals surface area contributed by atoms with Crippen LogP contribution in [-0.4, -0.2) is 23.0 Å². The number of fused-ring (bicyclic) bond motifs is 1. The molecule has 0 saturated heterocycles. The Labute approximate surface area is 158 Å². The van der Waals surface area contributed by atoms with Gasteiger partial charge in [0.15, 0.2) is 6.10 Å². The monoisotopic (exact) mass is 383 g/mol. The molecule has 0 aliphatic rings. The summed E-state index contributed by atoms with van der Waals surface area (Å²) in [7, 11) is 0. The molecule has 8 heteroatoms. The fraction of sp³-hybridized carbons (Fsp3) is 0.158. The quantitative estimate of drug-likeness (QED) is 0.692. The van der Waals surface area contributed by atoms with Crippen LogP contribution in [0.1, 0.15) is 28.5 Å². The lowest BCUT2D eigenvalue weighted by atomic mass is 10.1. The van der Waals surface area contributed by atoms with E-state index in [1.54, 1.807) is 24.4 Å². The van der Waals surface area contributed by atoms with Gasteiger partial charge in [0.05, 0.1) is 22.3 Å². The molecule has 136 valence electrons. The number of carbonyl (C=O) groups excluding carboxylic acids is 2. The molecular weight excluding hydrogens is 369 g/mol. The second-order valence-electron chi connectivity index (χ2n) is 5.77. The number of rotatable bonds is 4. The van der Waals surface area contributed by atoms with Crippen molar-refractivity contribution in [2.24, 2.45) is 0 Å². The maximum atomic E-state index is 13.3. The van der Waals surface area contributed by atoms with Crippen LogP contribution in [0, 0.1) is 24.1 Å². The lowest BCUT2D eigenvalue weighted by Crippen LogP contribution is -2.30. The molecule has 1 amide bonds. The van der Waals surface area contributed by atoms with E-state index in [0.29, 0.717) is 27.2 Å². The fourth-order valence-corrected chi connectivity index (χ4v) is 3.17. The molecule has 0 aliphatic carbocycles. The van der Waals surface area contributed by atoms with Gasteiger partial charge in [0, 0.05) is 11.5 Å². The average Bonchev–Trinajstić information content (AvgIpc) is 3.07. The van der Waals surface area contributed by atoms with E-state index in [2.05, 4.69) is 10.3 Å². The lowest BCUT2D eigenvalue weighted by Gasteiger charge is -2.14. The first-order valence-electron chi connectivity index (χ1n) is 7.95. The minimum Gasteiger partial charge on any atom is -0.449 e. The van der Waals surface area contributed by atoms with Gasteiger partial charge in [-0.1, -0.05) is 0 Å². The van der Waals surface area contributed by atoms with Gasteiger partial charge in [-0.15, -0.1) is 11.3 Å². The van der Waals surface area contributed by atoms with Crippen LogP contribution in [0.3, 0.4) is 0 Å². The van der Waals surface area contributed by atoms with Crippen molar-refractivity contribution in [3.8, 4) is 6.07 Å². The van der Waals surface area contributed by atoms with Crippen LogP contribution in [-0.2, 0) is 9.53 Å². The lowest BCUT2D eigenvalue weighted by molar-refractivity contribution is -0.123. The van der Waals surface area contributed by atoms with Crippen LogP contribution < -0.4 is 5.32 Å². The number of amides is 1. The Kier molecular flexibility index (Phi) is 5.14. The van der Waals surface area contributed by atoms with Gasteiger partial charge in [0.25, 0.3) is 5.91 Å². The topological polar surface area (TPSA) is 92.1 Å². The van der Waals surface area contributed by atoms with Crippen molar-refractivity contribution < 1.29 is 18.7 Å². The highest BCUT2D eigenvalue weighted by atomic mass is 32.1. The molecule has 1 unspecified atom stereocenters. The second-order valence-corrected chi connectivity index (χ2v) is 6.69. The van der Waals surface area contributed by atoms with Crippen molar-refractivity contribution in [3.05, 3.63) is 58.3 Å². The molecule has 6 nitrogen and oxygen atoms in total. The van der Waals surface area contributed by atoms with Gasteiger partial charge in [-0.25, -0.2) is 9.18 Å². The Balaban J connectivity index is 1.75. The summed E-state index contributed by atoms with van der Waals surface area (Å²) in [5, 5.41) is 14.2. The number of hydrogen-bond acceptors (Lipinski definition) is 6. The van der Waals surface area contributed by atoms with Crippen molar-refractivity contribution in [2.75, 3.05) is 5.32 Å². The van der Waals surface area contributed by atoms with Gasteiger partial charge in [-0.05, 0) is 43.5 Å². The molecule has 0 spiro atoms. The van der Waals surface area contributed by atoms with Gasteiger partial charge in [0.1, 0.15) is 16.9 Å². The van der Waals surface area contributed by atoms with Crippen LogP contribution in [0.2, 0.25) is 0 Å². The van der Waals surface area contributed by atoms with Crippen LogP contribution in [0.25, 0.3) is 10.9 Å². The Morgan fingerprint density at radius 1 is 1.33 bits per heavy atom. The van der Waals surface area contributed by atoms with Crippen LogP contribution >= 0.6 is 11.3 Å². The highest BCUT2D eigenvalue weighted by Gasteiger charge is 2.22. The predicted octanol–water partition coefficient (Wildman–Crippen LogP) is 3.80. The van der Waals surface area contributed by atoms with E-state index in [1.807, 2.05) is 6.07 Å². The van der Waals surface area contributed by atoms with Crippen LogP contribution in [0.15, 0.2) is 35.7 Å². The van der Waals surface area contributed by atoms with E-state index in [-0.39, 0.29) is 5.56 Å². The number of nitrogens with zero attached hydrogens (tertiary/aromatic N) is 2. The third-order valence-corrected chi connectivity index (χ3v) is 4.70. The van der Waals surface area contributed by atoms with Gasteiger partial charge >= 0.3 is 5.97 Å². The van der Waals surface area contributed by atoms with Gasteiger partial charge in [-0.3, -0.25) is 9.78 Å². The minimum absolute atomic E-state index is 0.197. The van der Waals surface area contributed by atoms with Crippen LogP contribution in [0.4, 0.5) is 9.39 Å². The molecule has 1 atom stereocenters. The number of aryl methyl sites for hydroxylation is 1. The Bertz CT molecular complexity index is 1090. The van der Waals surface area contributed by atoms with Gasteiger partial charge in [-0.2, -0.15) is 5.26 Å². The normalized spacial score (nSPS) is 11.6. The molecule has 1 aromatic carbocycles. The molecule has 3 aromatic rings. The maximum Gasteiger partial charge on any atom is 0.340 e. The number of anilines is 1. The third kappa shape index (κ3) is 3.93. The van der Waals surface area contributed by atoms with Crippen molar-refractivity contribution in [2.45, 2.75) is 20.0 Å². The maximum absolute atomic E-state index is 13.3. The highest BCUT2D eigenvalue weighted by Crippen LogP contribution is 2.23. The van der Waals surface area contributed by atoms with Gasteiger partial charge < -0.3 is 10.1 Å². The number of hydrogen-bond donors (Lipinski definition) is 1. The number of carbonyl (C=O) groups is 2. The number of pyridine rings is 1. The summed E-state index contributed by atoms with van der Waals surface area (Å²) in [6.45, 7) is 3.04. The SMILES string of the molecule is Cc1nc2cc(F)ccc2cc1C(=O)OC(C)C(=O)Nc1sccc1C#N. The van der Waals surface area contributed by atoms with Crippen molar-refractivity contribution in [1.29, 1.82) is 5.26 Å². The van der Waals surface area contributed by atoms with Gasteiger partial charge in [0.2, 0.25) is 0 Å². The molecule has 0 bridgehead atoms. The summed E-state index contributed by atoms with van der Waals surface area (Å²) >= 11 is 1.20. The van der Waals surface area contributed by atoms with Crippen molar-refractivity contribution in [1.82, 2.24) is 4.98 Å². The second kappa shape index (κ2) is 7.51. The Morgan fingerprint density at radius 3 is 2.85 bits per heavy atom. The first kappa shape index (κ1) is 18.5. The zero-order valence-electron chi connectivity index (χ0n) is 14.4. The van der Waals surface area contributed by atoms with Crippen molar-refractivity contribution in [3.63, 3.8) is 0 Å². The number of ether oxygens (including phenoxy) is 1. The molecule has 3 rings (SSSR count). The molecule has 1 N–H and O–H groups in total. The fourth-order valence-electron chi connectivity index (χ4n) is 2.43. The van der Waals surface area contributed by atoms with E-state index in [0.717, 1.165) is 0 Å². The van der Waals surface area contributed by atoms with E-state index >= 15 is 0 Å². The number of benzene rings is 1. The Hall–Kier alpha value is -3.31. The zero-order valence-corrected chi connectivity index (χ0v) is 15.3. The highest BCUT2D eigenvalue weighted by molar-refractivity contribution is 7.14. The molecule has 0 saturated carbocycles. The molecular formula is C19H14FN3O3S. The minimum atomic E-state index is -1.07. The van der Waals surface area contributed by atoms with Crippen molar-refractivity contribution >= 4 is 39.1 Å². The first-order valence-corrected chi connectivity index (χ1v) is 8.83. The summed E-state index contributed by atoms with van der Waals surface area (Å²) in [6.07, 6.45) is -1.07. The van der Waals surface area contributed by atoms with E-state index in [1.165, 1.54) is 36.5 Å². The molecule has 27 heavy (non-hydrogen) atoms. The number of nitriles is 1. The average molecular weight is 383 g/mol. The summed E-state index contributed by atoms with van der Waals surface area (Å²) in [5.41, 5.74) is 1.34. The summed E-state index contributed by atoms with van der Waals surface area (Å²) in [6, 6.07) is 9.18. The number of esters is 1. The number of halogens is 1. The molecule has 0 radical (unpaired) electrons. The molecule has 0 aliphatic heterocycles. The summed E-state index contributed by atoms with van der Waals surface area (Å²) in [4.78, 5) is 28.9. The zero-order chi connectivity index (χ0) is 19.6. The number of thiophene rings is 1. The van der Waals surface area contributed by atoms with E-state index in [9.17, 15) is 14.0 Å². The summed E-state index contributed by atoms with van der Waals surface area (Å²) < 4.78 is 18.5. The Morgan fingerprint density at radius 2 is 2.11 bits per heavy atom. The van der Waals surface area contributed by atoms with Crippen LogP contribution in [0.5, 0.6) is 0 Å². The number of nitrogens with one attached hydrogen (secondary N) is 1. The molecule has 2 heterocycles. The molecule has 0 fully saturated rings. The molecule has 2 aromatic heterocycles. The smallest absolute Gasteiger partial charge is 0.340 e. The number of aromatic nitrogens is 1. The summed E-state index contributed by atoms with van der Waals surface area (Å²) in [5.74, 6) is -1.67. The largest absolute Gasteiger partial charge is 0.449 e. The third-order valence-electron chi connectivity index (χ3n) is 3.87. The first-order chi connectivity index (χ1) is 12.9.